The number of ether oxygens (including phenoxy) is 1. The molecule has 6 nitrogen and oxygen atoms in total. The van der Waals surface area contributed by atoms with Crippen molar-refractivity contribution in [1.82, 2.24) is 5.32 Å². The number of nitrogens with one attached hydrogen (secondary N) is 1. The Hall–Kier alpha value is -3.94. The van der Waals surface area contributed by atoms with Crippen LogP contribution in [-0.2, 0) is 16.2 Å². The number of carbonyl (C=O) groups is 3. The molecular formula is C28H18BrClN2O4. The van der Waals surface area contributed by atoms with E-state index < -0.39 is 17.8 Å². The van der Waals surface area contributed by atoms with E-state index in [1.54, 1.807) is 36.4 Å². The van der Waals surface area contributed by atoms with Crippen LogP contribution in [0.5, 0.6) is 5.75 Å². The summed E-state index contributed by atoms with van der Waals surface area (Å²) in [6.07, 6.45) is 1.42. The van der Waals surface area contributed by atoms with Gasteiger partial charge in [0.25, 0.3) is 11.8 Å². The van der Waals surface area contributed by atoms with Gasteiger partial charge in [0.05, 0.1) is 15.2 Å². The van der Waals surface area contributed by atoms with Gasteiger partial charge in [-0.05, 0) is 68.2 Å². The molecule has 4 amide bonds. The van der Waals surface area contributed by atoms with Gasteiger partial charge in [-0.25, -0.2) is 9.69 Å². The van der Waals surface area contributed by atoms with Crippen molar-refractivity contribution in [2.24, 2.45) is 0 Å². The fourth-order valence-electron chi connectivity index (χ4n) is 3.97. The number of urea groups is 1. The van der Waals surface area contributed by atoms with Gasteiger partial charge in [0, 0.05) is 0 Å². The zero-order chi connectivity index (χ0) is 25.2. The summed E-state index contributed by atoms with van der Waals surface area (Å²) in [4.78, 5) is 38.8. The third-order valence-electron chi connectivity index (χ3n) is 5.73. The van der Waals surface area contributed by atoms with Crippen molar-refractivity contribution < 1.29 is 19.1 Å². The molecule has 0 saturated carbocycles. The first-order valence-electron chi connectivity index (χ1n) is 11.0. The highest BCUT2D eigenvalue weighted by Crippen LogP contribution is 2.31. The first-order chi connectivity index (χ1) is 17.4. The molecule has 1 saturated heterocycles. The van der Waals surface area contributed by atoms with Crippen LogP contribution in [0.1, 0.15) is 11.1 Å². The molecule has 1 heterocycles. The lowest BCUT2D eigenvalue weighted by Gasteiger charge is -2.27. The van der Waals surface area contributed by atoms with E-state index in [9.17, 15) is 14.4 Å². The minimum absolute atomic E-state index is 0.189. The molecule has 1 fully saturated rings. The Kier molecular flexibility index (Phi) is 6.59. The van der Waals surface area contributed by atoms with Crippen molar-refractivity contribution in [2.45, 2.75) is 6.61 Å². The number of amides is 4. The molecule has 4 aromatic rings. The first kappa shape index (κ1) is 23.8. The number of imide groups is 2. The van der Waals surface area contributed by atoms with Crippen molar-refractivity contribution in [1.29, 1.82) is 0 Å². The third-order valence-corrected chi connectivity index (χ3v) is 6.66. The van der Waals surface area contributed by atoms with Crippen LogP contribution in [-0.4, -0.2) is 17.8 Å². The second-order valence-electron chi connectivity index (χ2n) is 8.03. The van der Waals surface area contributed by atoms with Crippen LogP contribution in [0, 0.1) is 0 Å². The molecular weight excluding hydrogens is 544 g/mol. The van der Waals surface area contributed by atoms with E-state index in [4.69, 9.17) is 16.3 Å². The summed E-state index contributed by atoms with van der Waals surface area (Å²) in [5, 5.41) is 4.67. The summed E-state index contributed by atoms with van der Waals surface area (Å²) >= 11 is 9.69. The van der Waals surface area contributed by atoms with Gasteiger partial charge in [-0.3, -0.25) is 14.9 Å². The van der Waals surface area contributed by atoms with Crippen LogP contribution in [0.3, 0.4) is 0 Å². The van der Waals surface area contributed by atoms with Crippen LogP contribution < -0.4 is 15.0 Å². The molecule has 0 spiro atoms. The predicted molar refractivity (Wildman–Crippen MR) is 143 cm³/mol. The smallest absolute Gasteiger partial charge is 0.335 e. The molecule has 1 N–H and O–H groups in total. The normalized spacial score (nSPS) is 14.9. The molecule has 178 valence electrons. The van der Waals surface area contributed by atoms with Gasteiger partial charge in [0.1, 0.15) is 17.9 Å². The number of para-hydroxylation sites is 1. The van der Waals surface area contributed by atoms with Crippen LogP contribution in [0.25, 0.3) is 16.8 Å². The molecule has 0 aromatic heterocycles. The molecule has 36 heavy (non-hydrogen) atoms. The van der Waals surface area contributed by atoms with Crippen LogP contribution in [0.2, 0.25) is 5.02 Å². The second-order valence-corrected chi connectivity index (χ2v) is 9.29. The van der Waals surface area contributed by atoms with Crippen molar-refractivity contribution in [2.75, 3.05) is 4.90 Å². The second kappa shape index (κ2) is 9.97. The van der Waals surface area contributed by atoms with Gasteiger partial charge < -0.3 is 4.74 Å². The van der Waals surface area contributed by atoms with Crippen molar-refractivity contribution >= 4 is 67.9 Å². The van der Waals surface area contributed by atoms with E-state index in [1.807, 2.05) is 24.3 Å². The van der Waals surface area contributed by atoms with E-state index in [0.717, 1.165) is 21.2 Å². The zero-order valence-corrected chi connectivity index (χ0v) is 21.0. The van der Waals surface area contributed by atoms with Crippen LogP contribution in [0.4, 0.5) is 10.5 Å². The number of fused-ring (bicyclic) bond motifs is 1. The Labute approximate surface area is 220 Å². The summed E-state index contributed by atoms with van der Waals surface area (Å²) in [5.74, 6) is -0.928. The zero-order valence-electron chi connectivity index (χ0n) is 18.7. The molecule has 1 aliphatic rings. The van der Waals surface area contributed by atoms with Gasteiger partial charge >= 0.3 is 6.03 Å². The lowest BCUT2D eigenvalue weighted by molar-refractivity contribution is -0.122. The van der Waals surface area contributed by atoms with Crippen molar-refractivity contribution in [3.63, 3.8) is 0 Å². The van der Waals surface area contributed by atoms with Crippen molar-refractivity contribution in [3.05, 3.63) is 111 Å². The summed E-state index contributed by atoms with van der Waals surface area (Å²) in [7, 11) is 0. The predicted octanol–water partition coefficient (Wildman–Crippen LogP) is 6.50. The Morgan fingerprint density at radius 3 is 2.47 bits per heavy atom. The first-order valence-corrected chi connectivity index (χ1v) is 12.1. The molecule has 5 rings (SSSR count). The molecule has 0 unspecified atom stereocenters. The Morgan fingerprint density at radius 1 is 0.917 bits per heavy atom. The Balaban J connectivity index is 1.39. The van der Waals surface area contributed by atoms with E-state index in [-0.39, 0.29) is 16.3 Å². The highest BCUT2D eigenvalue weighted by atomic mass is 79.9. The highest BCUT2D eigenvalue weighted by molar-refractivity contribution is 9.10. The van der Waals surface area contributed by atoms with Crippen LogP contribution in [0.15, 0.2) is 95.0 Å². The number of barbiturate groups is 1. The SMILES string of the molecule is O=C1NC(=O)N(c2ccccc2Cl)C(=O)/C1=C/c1ccc(OCc2cccc3ccccc23)c(Br)c1. The summed E-state index contributed by atoms with van der Waals surface area (Å²) < 4.78 is 6.69. The molecule has 8 heteroatoms. The van der Waals surface area contributed by atoms with Gasteiger partial charge in [0.2, 0.25) is 0 Å². The van der Waals surface area contributed by atoms with E-state index in [1.165, 1.54) is 12.1 Å². The average Bonchev–Trinajstić information content (AvgIpc) is 2.87. The van der Waals surface area contributed by atoms with Crippen molar-refractivity contribution in [3.8, 4) is 5.75 Å². The number of rotatable bonds is 5. The average molecular weight is 562 g/mol. The number of anilines is 1. The maximum Gasteiger partial charge on any atom is 0.335 e. The number of hydrogen-bond acceptors (Lipinski definition) is 4. The van der Waals surface area contributed by atoms with Crippen LogP contribution >= 0.6 is 27.5 Å². The number of nitrogens with zero attached hydrogens (tertiary/aromatic N) is 1. The number of carbonyl (C=O) groups excluding carboxylic acids is 3. The molecule has 0 atom stereocenters. The maximum absolute atomic E-state index is 13.1. The third kappa shape index (κ3) is 4.63. The highest BCUT2D eigenvalue weighted by Gasteiger charge is 2.37. The number of benzene rings is 4. The lowest BCUT2D eigenvalue weighted by Crippen LogP contribution is -2.54. The minimum Gasteiger partial charge on any atom is -0.488 e. The number of halogens is 2. The summed E-state index contributed by atoms with van der Waals surface area (Å²) in [5.41, 5.74) is 1.63. The largest absolute Gasteiger partial charge is 0.488 e. The van der Waals surface area contributed by atoms with E-state index in [2.05, 4.69) is 39.4 Å². The van der Waals surface area contributed by atoms with Gasteiger partial charge in [0.15, 0.2) is 0 Å². The molecule has 4 aromatic carbocycles. The van der Waals surface area contributed by atoms with E-state index >= 15 is 0 Å². The molecule has 0 bridgehead atoms. The maximum atomic E-state index is 13.1. The minimum atomic E-state index is -0.853. The molecule has 1 aliphatic heterocycles. The molecule has 0 aliphatic carbocycles. The monoisotopic (exact) mass is 560 g/mol. The molecule has 0 radical (unpaired) electrons. The Morgan fingerprint density at radius 2 is 1.67 bits per heavy atom. The fraction of sp³-hybridized carbons (Fsp3) is 0.0357. The van der Waals surface area contributed by atoms with Gasteiger partial charge in [-0.1, -0.05) is 72.3 Å². The topological polar surface area (TPSA) is 75.7 Å². The van der Waals surface area contributed by atoms with Gasteiger partial charge in [-0.15, -0.1) is 0 Å². The quantitative estimate of drug-likeness (QED) is 0.223. The summed E-state index contributed by atoms with van der Waals surface area (Å²) in [6, 6.07) is 25.0. The van der Waals surface area contributed by atoms with E-state index in [0.29, 0.717) is 22.4 Å². The number of hydrogen-bond donors (Lipinski definition) is 1. The Bertz CT molecular complexity index is 1560. The standard InChI is InChI=1S/C28H18BrClN2O4/c29-22-15-17(12-13-25(22)36-16-19-8-5-7-18-6-1-2-9-20(18)19)14-21-26(33)31-28(35)32(27(21)34)24-11-4-3-10-23(24)30/h1-15H,16H2,(H,31,33,35)/b21-14+. The lowest BCUT2D eigenvalue weighted by atomic mass is 10.1. The van der Waals surface area contributed by atoms with Gasteiger partial charge in [-0.2, -0.15) is 0 Å². The fourth-order valence-corrected chi connectivity index (χ4v) is 4.70. The summed E-state index contributed by atoms with van der Waals surface area (Å²) in [6.45, 7) is 0.371.